The number of hydrogen-bond donors (Lipinski definition) is 0. The Hall–Kier alpha value is -1.22. The lowest BCUT2D eigenvalue weighted by atomic mass is 10.3. The molecule has 0 N–H and O–H groups in total. The smallest absolute Gasteiger partial charge is 0.290 e. The second kappa shape index (κ2) is 5.65. The van der Waals surface area contributed by atoms with Gasteiger partial charge in [-0.1, -0.05) is 11.6 Å². The third-order valence-electron chi connectivity index (χ3n) is 2.94. The molecule has 1 unspecified atom stereocenters. The van der Waals surface area contributed by atoms with E-state index in [9.17, 15) is 18.5 Å². The minimum atomic E-state index is -3.93. The van der Waals surface area contributed by atoms with Gasteiger partial charge in [-0.3, -0.25) is 10.1 Å². The first-order valence-electron chi connectivity index (χ1n) is 5.88. The average Bonchev–Trinajstić information content (AvgIpc) is 2.38. The van der Waals surface area contributed by atoms with E-state index in [2.05, 4.69) is 0 Å². The van der Waals surface area contributed by atoms with Crippen LogP contribution >= 0.6 is 11.6 Å². The zero-order chi connectivity index (χ0) is 14.9. The van der Waals surface area contributed by atoms with Crippen molar-refractivity contribution in [2.75, 3.05) is 19.7 Å². The molecule has 9 heteroatoms. The summed E-state index contributed by atoms with van der Waals surface area (Å²) in [5.41, 5.74) is -0.517. The van der Waals surface area contributed by atoms with E-state index in [0.717, 1.165) is 12.1 Å². The van der Waals surface area contributed by atoms with Crippen LogP contribution in [0.25, 0.3) is 0 Å². The van der Waals surface area contributed by atoms with Gasteiger partial charge >= 0.3 is 0 Å². The number of morpholine rings is 1. The SMILES string of the molecule is CC1CN(S(=O)(=O)c2ccc(Cl)cc2[N+](=O)[O-])CCO1. The van der Waals surface area contributed by atoms with Crippen molar-refractivity contribution in [3.63, 3.8) is 0 Å². The van der Waals surface area contributed by atoms with Crippen molar-refractivity contribution in [1.29, 1.82) is 0 Å². The molecule has 1 aromatic carbocycles. The summed E-state index contributed by atoms with van der Waals surface area (Å²) in [6.07, 6.45) is -0.245. The lowest BCUT2D eigenvalue weighted by molar-refractivity contribution is -0.387. The number of sulfonamides is 1. The molecular formula is C11H13ClN2O5S. The zero-order valence-corrected chi connectivity index (χ0v) is 12.2. The Morgan fingerprint density at radius 1 is 1.50 bits per heavy atom. The highest BCUT2D eigenvalue weighted by molar-refractivity contribution is 7.89. The molecule has 2 rings (SSSR count). The zero-order valence-electron chi connectivity index (χ0n) is 10.7. The van der Waals surface area contributed by atoms with Gasteiger partial charge in [-0.2, -0.15) is 4.31 Å². The fourth-order valence-corrected chi connectivity index (χ4v) is 3.80. The Kier molecular flexibility index (Phi) is 4.28. The number of halogens is 1. The van der Waals surface area contributed by atoms with Crippen molar-refractivity contribution in [2.24, 2.45) is 0 Å². The standard InChI is InChI=1S/C11H13ClN2O5S/c1-8-7-13(4-5-19-8)20(17,18)11-3-2-9(12)6-10(11)14(15)16/h2-3,6,8H,4-5,7H2,1H3. The molecule has 1 atom stereocenters. The second-order valence-corrected chi connectivity index (χ2v) is 6.76. The minimum absolute atomic E-state index is 0.117. The van der Waals surface area contributed by atoms with Crippen molar-refractivity contribution < 1.29 is 18.1 Å². The molecule has 1 aromatic rings. The minimum Gasteiger partial charge on any atom is -0.376 e. The third kappa shape index (κ3) is 2.93. The number of nitro benzene ring substituents is 1. The Balaban J connectivity index is 2.46. The Bertz CT molecular complexity index is 634. The molecule has 1 saturated heterocycles. The number of nitro groups is 1. The van der Waals surface area contributed by atoms with E-state index < -0.39 is 20.6 Å². The van der Waals surface area contributed by atoms with Gasteiger partial charge in [0.2, 0.25) is 10.0 Å². The van der Waals surface area contributed by atoms with Crippen LogP contribution < -0.4 is 0 Å². The molecule has 0 radical (unpaired) electrons. The molecule has 1 fully saturated rings. The van der Waals surface area contributed by atoms with E-state index in [-0.39, 0.29) is 35.7 Å². The Morgan fingerprint density at radius 3 is 2.80 bits per heavy atom. The number of ether oxygens (including phenoxy) is 1. The quantitative estimate of drug-likeness (QED) is 0.624. The highest BCUT2D eigenvalue weighted by atomic mass is 35.5. The lowest BCUT2D eigenvalue weighted by Gasteiger charge is -2.30. The molecule has 0 saturated carbocycles. The van der Waals surface area contributed by atoms with Crippen LogP contribution in [0.3, 0.4) is 0 Å². The Labute approximate surface area is 121 Å². The summed E-state index contributed by atoms with van der Waals surface area (Å²) in [4.78, 5) is 9.91. The summed E-state index contributed by atoms with van der Waals surface area (Å²) in [7, 11) is -3.93. The molecule has 0 aliphatic carbocycles. The van der Waals surface area contributed by atoms with Crippen LogP contribution in [0.4, 0.5) is 5.69 Å². The van der Waals surface area contributed by atoms with Gasteiger partial charge in [-0.15, -0.1) is 0 Å². The molecule has 1 heterocycles. The van der Waals surface area contributed by atoms with Crippen molar-refractivity contribution in [3.8, 4) is 0 Å². The van der Waals surface area contributed by atoms with Crippen LogP contribution in [-0.4, -0.2) is 43.4 Å². The molecule has 0 amide bonds. The molecule has 110 valence electrons. The highest BCUT2D eigenvalue weighted by Gasteiger charge is 2.34. The fourth-order valence-electron chi connectivity index (χ4n) is 2.00. The molecule has 1 aliphatic heterocycles. The van der Waals surface area contributed by atoms with E-state index in [1.54, 1.807) is 6.92 Å². The molecule has 1 aliphatic rings. The van der Waals surface area contributed by atoms with Crippen LogP contribution in [0, 0.1) is 10.1 Å². The normalized spacial score (nSPS) is 20.8. The van der Waals surface area contributed by atoms with E-state index in [4.69, 9.17) is 16.3 Å². The molecular weight excluding hydrogens is 308 g/mol. The van der Waals surface area contributed by atoms with Crippen LogP contribution in [0.5, 0.6) is 0 Å². The van der Waals surface area contributed by atoms with E-state index in [0.29, 0.717) is 0 Å². The monoisotopic (exact) mass is 320 g/mol. The molecule has 20 heavy (non-hydrogen) atoms. The van der Waals surface area contributed by atoms with E-state index >= 15 is 0 Å². The maximum absolute atomic E-state index is 12.5. The van der Waals surface area contributed by atoms with Crippen molar-refractivity contribution in [2.45, 2.75) is 17.9 Å². The predicted octanol–water partition coefficient (Wildman–Crippen LogP) is 1.66. The van der Waals surface area contributed by atoms with E-state index in [1.807, 2.05) is 0 Å². The number of hydrogen-bond acceptors (Lipinski definition) is 5. The molecule has 0 spiro atoms. The van der Waals surface area contributed by atoms with Crippen LogP contribution in [0.1, 0.15) is 6.92 Å². The van der Waals surface area contributed by atoms with Gasteiger partial charge in [-0.25, -0.2) is 8.42 Å². The third-order valence-corrected chi connectivity index (χ3v) is 5.09. The van der Waals surface area contributed by atoms with Gasteiger partial charge in [0.1, 0.15) is 0 Å². The van der Waals surface area contributed by atoms with Crippen LogP contribution in [0.2, 0.25) is 5.02 Å². The first-order chi connectivity index (χ1) is 9.32. The maximum atomic E-state index is 12.5. The van der Waals surface area contributed by atoms with Crippen LogP contribution in [-0.2, 0) is 14.8 Å². The second-order valence-electron chi connectivity index (χ2n) is 4.41. The number of benzene rings is 1. The number of rotatable bonds is 3. The maximum Gasteiger partial charge on any atom is 0.290 e. The van der Waals surface area contributed by atoms with Gasteiger partial charge in [0, 0.05) is 24.2 Å². The van der Waals surface area contributed by atoms with Gasteiger partial charge in [0.25, 0.3) is 5.69 Å². The van der Waals surface area contributed by atoms with Crippen molar-refractivity contribution in [3.05, 3.63) is 33.3 Å². The van der Waals surface area contributed by atoms with Gasteiger partial charge in [0.15, 0.2) is 4.90 Å². The molecule has 0 aromatic heterocycles. The predicted molar refractivity (Wildman–Crippen MR) is 72.3 cm³/mol. The summed E-state index contributed by atoms with van der Waals surface area (Å²) in [6.45, 7) is 2.36. The Morgan fingerprint density at radius 2 is 2.20 bits per heavy atom. The first-order valence-corrected chi connectivity index (χ1v) is 7.70. The largest absolute Gasteiger partial charge is 0.376 e. The number of nitrogens with zero attached hydrogens (tertiary/aromatic N) is 2. The summed E-state index contributed by atoms with van der Waals surface area (Å²) >= 11 is 5.69. The summed E-state index contributed by atoms with van der Waals surface area (Å²) in [5.74, 6) is 0. The first kappa shape index (κ1) is 15.2. The average molecular weight is 321 g/mol. The summed E-state index contributed by atoms with van der Waals surface area (Å²) in [5, 5.41) is 11.1. The van der Waals surface area contributed by atoms with Crippen molar-refractivity contribution >= 4 is 27.3 Å². The van der Waals surface area contributed by atoms with Gasteiger partial charge in [0.05, 0.1) is 17.6 Å². The molecule has 7 nitrogen and oxygen atoms in total. The highest BCUT2D eigenvalue weighted by Crippen LogP contribution is 2.30. The van der Waals surface area contributed by atoms with Crippen molar-refractivity contribution in [1.82, 2.24) is 4.31 Å². The summed E-state index contributed by atoms with van der Waals surface area (Å²) in [6, 6.07) is 3.53. The fraction of sp³-hybridized carbons (Fsp3) is 0.455. The summed E-state index contributed by atoms with van der Waals surface area (Å²) < 4.78 is 31.5. The topological polar surface area (TPSA) is 89.8 Å². The van der Waals surface area contributed by atoms with E-state index in [1.165, 1.54) is 10.4 Å². The lowest BCUT2D eigenvalue weighted by Crippen LogP contribution is -2.44. The van der Waals surface area contributed by atoms with Gasteiger partial charge < -0.3 is 4.74 Å². The molecule has 0 bridgehead atoms. The van der Waals surface area contributed by atoms with Crippen LogP contribution in [0.15, 0.2) is 23.1 Å². The van der Waals surface area contributed by atoms with Gasteiger partial charge in [-0.05, 0) is 19.1 Å².